The van der Waals surface area contributed by atoms with Crippen LogP contribution in [-0.4, -0.2) is 24.1 Å². The maximum absolute atomic E-state index is 12.1. The van der Waals surface area contributed by atoms with Gasteiger partial charge in [0.15, 0.2) is 15.9 Å². The highest BCUT2D eigenvalue weighted by atomic mass is 35.5. The van der Waals surface area contributed by atoms with Gasteiger partial charge < -0.3 is 4.57 Å². The number of aromatic nitrogens is 5. The molecule has 10 heteroatoms. The first-order valence-electron chi connectivity index (χ1n) is 7.46. The molecule has 6 nitrogen and oxygen atoms in total. The molecule has 3 heterocycles. The number of nitrogens with zero attached hydrogens (tertiary/aromatic N) is 5. The van der Waals surface area contributed by atoms with Crippen LogP contribution in [0.1, 0.15) is 5.69 Å². The maximum Gasteiger partial charge on any atom is 0.258 e. The van der Waals surface area contributed by atoms with Crippen molar-refractivity contribution in [3.63, 3.8) is 0 Å². The molecule has 1 aromatic carbocycles. The van der Waals surface area contributed by atoms with Crippen molar-refractivity contribution in [1.82, 2.24) is 24.1 Å². The van der Waals surface area contributed by atoms with E-state index in [9.17, 15) is 4.79 Å². The largest absolute Gasteiger partial charge is 0.305 e. The third-order valence-electron chi connectivity index (χ3n) is 3.71. The summed E-state index contributed by atoms with van der Waals surface area (Å²) in [5.74, 6) is 1.17. The molecule has 0 fully saturated rings. The first-order valence-corrected chi connectivity index (χ1v) is 10.1. The molecule has 0 spiro atoms. The van der Waals surface area contributed by atoms with Gasteiger partial charge in [-0.1, -0.05) is 35.0 Å². The predicted octanol–water partition coefficient (Wildman–Crippen LogP) is 4.15. The number of benzene rings is 1. The van der Waals surface area contributed by atoms with Crippen LogP contribution in [0.15, 0.2) is 45.8 Å². The number of halogens is 2. The number of fused-ring (bicyclic) bond motifs is 1. The van der Waals surface area contributed by atoms with Crippen molar-refractivity contribution in [2.75, 3.05) is 0 Å². The highest BCUT2D eigenvalue weighted by molar-refractivity contribution is 7.98. The second kappa shape index (κ2) is 7.03. The van der Waals surface area contributed by atoms with Crippen molar-refractivity contribution in [3.05, 3.63) is 61.9 Å². The van der Waals surface area contributed by atoms with Crippen LogP contribution in [0.3, 0.4) is 0 Å². The summed E-state index contributed by atoms with van der Waals surface area (Å²) in [6.45, 7) is 0. The number of thiazole rings is 1. The molecule has 0 aliphatic heterocycles. The minimum absolute atomic E-state index is 0.0848. The van der Waals surface area contributed by atoms with Crippen molar-refractivity contribution in [3.8, 4) is 11.4 Å². The lowest BCUT2D eigenvalue weighted by Crippen LogP contribution is -2.12. The second-order valence-electron chi connectivity index (χ2n) is 5.42. The van der Waals surface area contributed by atoms with Gasteiger partial charge in [0, 0.05) is 41.0 Å². The Morgan fingerprint density at radius 2 is 2.08 bits per heavy atom. The van der Waals surface area contributed by atoms with E-state index in [1.165, 1.54) is 27.5 Å². The molecular weight excluding hydrogens is 413 g/mol. The Bertz CT molecular complexity index is 1170. The molecule has 0 bridgehead atoms. The van der Waals surface area contributed by atoms with Crippen LogP contribution in [-0.2, 0) is 12.8 Å². The van der Waals surface area contributed by atoms with E-state index < -0.39 is 0 Å². The van der Waals surface area contributed by atoms with E-state index in [1.54, 1.807) is 24.4 Å². The molecule has 0 atom stereocenters. The van der Waals surface area contributed by atoms with Crippen molar-refractivity contribution in [2.45, 2.75) is 10.9 Å². The van der Waals surface area contributed by atoms with Crippen molar-refractivity contribution in [2.24, 2.45) is 7.05 Å². The number of rotatable bonds is 4. The van der Waals surface area contributed by atoms with Crippen molar-refractivity contribution in [1.29, 1.82) is 0 Å². The summed E-state index contributed by atoms with van der Waals surface area (Å²) in [4.78, 5) is 17.2. The first-order chi connectivity index (χ1) is 12.5. The average molecular weight is 424 g/mol. The number of thioether (sulfide) groups is 1. The summed E-state index contributed by atoms with van der Waals surface area (Å²) >= 11 is 15.1. The van der Waals surface area contributed by atoms with Gasteiger partial charge in [-0.05, 0) is 18.2 Å². The van der Waals surface area contributed by atoms with Crippen molar-refractivity contribution < 1.29 is 0 Å². The maximum atomic E-state index is 12.1. The summed E-state index contributed by atoms with van der Waals surface area (Å²) in [5.41, 5.74) is 1.38. The quantitative estimate of drug-likeness (QED) is 0.461. The van der Waals surface area contributed by atoms with E-state index in [1.807, 2.05) is 23.1 Å². The summed E-state index contributed by atoms with van der Waals surface area (Å²) in [6, 6.07) is 6.79. The van der Waals surface area contributed by atoms with Gasteiger partial charge in [-0.15, -0.1) is 21.5 Å². The zero-order valence-corrected chi connectivity index (χ0v) is 16.5. The van der Waals surface area contributed by atoms with Gasteiger partial charge >= 0.3 is 0 Å². The first kappa shape index (κ1) is 17.5. The molecule has 0 saturated carbocycles. The summed E-state index contributed by atoms with van der Waals surface area (Å²) in [6.07, 6.45) is 1.72. The highest BCUT2D eigenvalue weighted by Gasteiger charge is 2.15. The van der Waals surface area contributed by atoms with Crippen LogP contribution in [0.25, 0.3) is 16.3 Å². The van der Waals surface area contributed by atoms with Crippen LogP contribution < -0.4 is 5.56 Å². The summed E-state index contributed by atoms with van der Waals surface area (Å²) < 4.78 is 3.39. The molecule has 0 radical (unpaired) electrons. The lowest BCUT2D eigenvalue weighted by molar-refractivity contribution is 0.793. The number of hydrogen-bond acceptors (Lipinski definition) is 6. The molecule has 4 rings (SSSR count). The highest BCUT2D eigenvalue weighted by Crippen LogP contribution is 2.31. The molecule has 0 amide bonds. The van der Waals surface area contributed by atoms with Crippen LogP contribution >= 0.6 is 46.3 Å². The molecule has 132 valence electrons. The minimum Gasteiger partial charge on any atom is -0.305 e. The van der Waals surface area contributed by atoms with Gasteiger partial charge in [0.05, 0.1) is 10.7 Å². The monoisotopic (exact) mass is 423 g/mol. The molecule has 0 aliphatic rings. The fourth-order valence-electron chi connectivity index (χ4n) is 2.45. The summed E-state index contributed by atoms with van der Waals surface area (Å²) in [5, 5.41) is 12.1. The molecule has 26 heavy (non-hydrogen) atoms. The predicted molar refractivity (Wildman–Crippen MR) is 105 cm³/mol. The van der Waals surface area contributed by atoms with Crippen LogP contribution in [0.2, 0.25) is 10.0 Å². The van der Waals surface area contributed by atoms with Gasteiger partial charge in [0.25, 0.3) is 5.56 Å². The fraction of sp³-hybridized carbons (Fsp3) is 0.125. The normalized spacial score (nSPS) is 11.3. The molecule has 0 unspecified atom stereocenters. The third-order valence-corrected chi connectivity index (χ3v) is 6.07. The average Bonchev–Trinajstić information content (AvgIpc) is 3.21. The van der Waals surface area contributed by atoms with Crippen molar-refractivity contribution >= 4 is 51.3 Å². The standard InChI is InChI=1S/C16H11Cl2N5OS2/c1-22-14(11-3-2-9(17)6-12(11)18)20-21-16(22)26-8-10-7-13(24)23-4-5-25-15(23)19-10/h2-7H,8H2,1H3. The van der Waals surface area contributed by atoms with Gasteiger partial charge in [0.1, 0.15) is 0 Å². The van der Waals surface area contributed by atoms with E-state index in [0.29, 0.717) is 37.4 Å². The molecule has 3 aromatic heterocycles. The van der Waals surface area contributed by atoms with Gasteiger partial charge in [-0.2, -0.15) is 0 Å². The van der Waals surface area contributed by atoms with E-state index in [4.69, 9.17) is 23.2 Å². The molecule has 0 saturated heterocycles. The molecular formula is C16H11Cl2N5OS2. The zero-order valence-electron chi connectivity index (χ0n) is 13.4. The Hall–Kier alpha value is -1.87. The van der Waals surface area contributed by atoms with E-state index in [2.05, 4.69) is 15.2 Å². The number of hydrogen-bond donors (Lipinski definition) is 0. The zero-order chi connectivity index (χ0) is 18.3. The Morgan fingerprint density at radius 1 is 1.23 bits per heavy atom. The Kier molecular flexibility index (Phi) is 4.74. The van der Waals surface area contributed by atoms with Gasteiger partial charge in [0.2, 0.25) is 0 Å². The van der Waals surface area contributed by atoms with E-state index in [0.717, 1.165) is 5.56 Å². The van der Waals surface area contributed by atoms with E-state index in [-0.39, 0.29) is 5.56 Å². The second-order valence-corrected chi connectivity index (χ2v) is 8.08. The van der Waals surface area contributed by atoms with Crippen LogP contribution in [0.4, 0.5) is 0 Å². The Morgan fingerprint density at radius 3 is 2.88 bits per heavy atom. The van der Waals surface area contributed by atoms with Gasteiger partial charge in [-0.3, -0.25) is 9.20 Å². The summed E-state index contributed by atoms with van der Waals surface area (Å²) in [7, 11) is 1.87. The molecule has 4 aromatic rings. The smallest absolute Gasteiger partial charge is 0.258 e. The lowest BCUT2D eigenvalue weighted by Gasteiger charge is -2.06. The van der Waals surface area contributed by atoms with Crippen LogP contribution in [0, 0.1) is 0 Å². The lowest BCUT2D eigenvalue weighted by atomic mass is 10.2. The minimum atomic E-state index is -0.0848. The Labute approximate surface area is 166 Å². The Balaban J connectivity index is 1.59. The SMILES string of the molecule is Cn1c(SCc2cc(=O)n3ccsc3n2)nnc1-c1ccc(Cl)cc1Cl. The topological polar surface area (TPSA) is 65.1 Å². The third kappa shape index (κ3) is 3.25. The molecule has 0 N–H and O–H groups in total. The van der Waals surface area contributed by atoms with Crippen LogP contribution in [0.5, 0.6) is 0 Å². The van der Waals surface area contributed by atoms with E-state index >= 15 is 0 Å². The van der Waals surface area contributed by atoms with Gasteiger partial charge in [-0.25, -0.2) is 4.98 Å². The molecule has 0 aliphatic carbocycles. The fourth-order valence-corrected chi connectivity index (χ4v) is 4.48.